The molecule has 1 radical (unpaired) electrons. The van der Waals surface area contributed by atoms with E-state index < -0.39 is 10.1 Å². The molecule has 0 amide bonds. The molecule has 0 fully saturated rings. The van der Waals surface area contributed by atoms with Gasteiger partial charge in [-0.1, -0.05) is 82.9 Å². The molecule has 0 aromatic heterocycles. The second kappa shape index (κ2) is 15.2. The fourth-order valence-corrected chi connectivity index (χ4v) is 3.38. The molecule has 0 N–H and O–H groups in total. The molecular formula is C18H30O3RbS. The summed E-state index contributed by atoms with van der Waals surface area (Å²) in [6.07, 6.45) is 12.3. The van der Waals surface area contributed by atoms with Gasteiger partial charge < -0.3 is 0 Å². The maximum atomic E-state index is 11.9. The van der Waals surface area contributed by atoms with Gasteiger partial charge >= 0.3 is 0 Å². The molecule has 0 saturated heterocycles. The van der Waals surface area contributed by atoms with Crippen LogP contribution in [-0.2, 0) is 14.3 Å². The third kappa shape index (κ3) is 12.0. The number of hydrogen-bond donors (Lipinski definition) is 0. The minimum Gasteiger partial charge on any atom is -0.266 e. The van der Waals surface area contributed by atoms with Crippen molar-refractivity contribution in [3.8, 4) is 0 Å². The number of unbranched alkanes of at least 4 members (excludes halogenated alkanes) is 9. The van der Waals surface area contributed by atoms with Gasteiger partial charge in [-0.15, -0.1) is 0 Å². The van der Waals surface area contributed by atoms with Crippen molar-refractivity contribution in [2.75, 3.05) is 6.61 Å². The summed E-state index contributed by atoms with van der Waals surface area (Å²) < 4.78 is 28.8. The molecule has 3 nitrogen and oxygen atoms in total. The van der Waals surface area contributed by atoms with Crippen LogP contribution in [0.25, 0.3) is 0 Å². The summed E-state index contributed by atoms with van der Waals surface area (Å²) in [5.41, 5.74) is 0. The normalized spacial score (nSPS) is 11.2. The molecule has 5 heteroatoms. The average Bonchev–Trinajstić information content (AvgIpc) is 2.53. The first-order valence-electron chi connectivity index (χ1n) is 8.61. The maximum Gasteiger partial charge on any atom is 0.296 e. The fraction of sp³-hybridized carbons (Fsp3) is 0.667. The Labute approximate surface area is 191 Å². The first-order chi connectivity index (χ1) is 10.7. The standard InChI is InChI=1S/C18H30O3S.Rb/c1-2-3-4-5-6-7-8-9-10-14-17-21-22(19,20)18-15-12-11-13-16-18;/h11-13,15-16H,2-10,14,17H2,1H3;. The predicted molar refractivity (Wildman–Crippen MR) is 97.2 cm³/mol. The second-order valence-corrected chi connectivity index (χ2v) is 7.39. The van der Waals surface area contributed by atoms with Crippen molar-refractivity contribution in [1.82, 2.24) is 0 Å². The van der Waals surface area contributed by atoms with Gasteiger partial charge in [-0.05, 0) is 18.6 Å². The zero-order valence-corrected chi connectivity index (χ0v) is 20.5. The average molecular weight is 412 g/mol. The van der Waals surface area contributed by atoms with Crippen molar-refractivity contribution < 1.29 is 12.6 Å². The van der Waals surface area contributed by atoms with E-state index in [1.165, 1.54) is 51.4 Å². The van der Waals surface area contributed by atoms with Crippen LogP contribution in [0.1, 0.15) is 71.1 Å². The Bertz CT molecular complexity index is 474. The van der Waals surface area contributed by atoms with Gasteiger partial charge in [0, 0.05) is 58.2 Å². The van der Waals surface area contributed by atoms with E-state index in [1.807, 2.05) is 0 Å². The zero-order chi connectivity index (χ0) is 16.1. The zero-order valence-electron chi connectivity index (χ0n) is 14.8. The monoisotopic (exact) mass is 411 g/mol. The van der Waals surface area contributed by atoms with E-state index in [1.54, 1.807) is 30.3 Å². The third-order valence-electron chi connectivity index (χ3n) is 3.77. The Balaban J connectivity index is 0.00000484. The molecule has 127 valence electrons. The molecule has 1 aromatic rings. The van der Waals surface area contributed by atoms with Gasteiger partial charge in [-0.2, -0.15) is 8.42 Å². The van der Waals surface area contributed by atoms with Crippen LogP contribution in [0.15, 0.2) is 35.2 Å². The number of hydrogen-bond acceptors (Lipinski definition) is 3. The van der Waals surface area contributed by atoms with Crippen LogP contribution in [-0.4, -0.2) is 73.2 Å². The van der Waals surface area contributed by atoms with Gasteiger partial charge in [-0.3, -0.25) is 4.18 Å². The molecule has 0 unspecified atom stereocenters. The summed E-state index contributed by atoms with van der Waals surface area (Å²) in [7, 11) is -3.57. The molecule has 0 aliphatic heterocycles. The van der Waals surface area contributed by atoms with Gasteiger partial charge in [0.05, 0.1) is 11.5 Å². The summed E-state index contributed by atoms with van der Waals surface area (Å²) in [6, 6.07) is 8.33. The van der Waals surface area contributed by atoms with E-state index in [9.17, 15) is 8.42 Å². The largest absolute Gasteiger partial charge is 0.296 e. The topological polar surface area (TPSA) is 43.4 Å². The van der Waals surface area contributed by atoms with E-state index in [2.05, 4.69) is 6.92 Å². The van der Waals surface area contributed by atoms with E-state index in [-0.39, 0.29) is 69.7 Å². The fourth-order valence-electron chi connectivity index (χ4n) is 2.41. The smallest absolute Gasteiger partial charge is 0.266 e. The van der Waals surface area contributed by atoms with Crippen molar-refractivity contribution in [2.45, 2.75) is 76.0 Å². The third-order valence-corrected chi connectivity index (χ3v) is 5.09. The minimum absolute atomic E-state index is 0. The van der Waals surface area contributed by atoms with Crippen molar-refractivity contribution >= 4 is 68.3 Å². The molecule has 0 spiro atoms. The summed E-state index contributed by atoms with van der Waals surface area (Å²) in [6.45, 7) is 2.52. The van der Waals surface area contributed by atoms with Crippen LogP contribution in [0.2, 0.25) is 0 Å². The summed E-state index contributed by atoms with van der Waals surface area (Å²) in [5.74, 6) is 0. The molecular weight excluding hydrogens is 382 g/mol. The molecule has 0 aliphatic rings. The quantitative estimate of drug-likeness (QED) is 0.341. The van der Waals surface area contributed by atoms with Gasteiger partial charge in [0.1, 0.15) is 0 Å². The van der Waals surface area contributed by atoms with Gasteiger partial charge in [-0.25, -0.2) is 0 Å². The first-order valence-corrected chi connectivity index (χ1v) is 10.0. The van der Waals surface area contributed by atoms with E-state index in [0.29, 0.717) is 0 Å². The van der Waals surface area contributed by atoms with Crippen molar-refractivity contribution in [3.05, 3.63) is 30.3 Å². The van der Waals surface area contributed by atoms with Gasteiger partial charge in [0.15, 0.2) is 0 Å². The van der Waals surface area contributed by atoms with Crippen molar-refractivity contribution in [2.24, 2.45) is 0 Å². The van der Waals surface area contributed by atoms with Crippen LogP contribution in [0.3, 0.4) is 0 Å². The Morgan fingerprint density at radius 2 is 1.26 bits per heavy atom. The summed E-state index contributed by atoms with van der Waals surface area (Å²) >= 11 is 0. The molecule has 0 heterocycles. The van der Waals surface area contributed by atoms with Gasteiger partial charge in [0.25, 0.3) is 10.1 Å². The van der Waals surface area contributed by atoms with Crippen LogP contribution >= 0.6 is 0 Å². The van der Waals surface area contributed by atoms with Crippen molar-refractivity contribution in [1.29, 1.82) is 0 Å². The van der Waals surface area contributed by atoms with Crippen LogP contribution < -0.4 is 0 Å². The Morgan fingerprint density at radius 1 is 0.783 bits per heavy atom. The van der Waals surface area contributed by atoms with E-state index in [4.69, 9.17) is 4.18 Å². The van der Waals surface area contributed by atoms with E-state index in [0.717, 1.165) is 12.8 Å². The second-order valence-electron chi connectivity index (χ2n) is 5.77. The van der Waals surface area contributed by atoms with Crippen LogP contribution in [0.5, 0.6) is 0 Å². The maximum absolute atomic E-state index is 11.9. The Hall–Kier alpha value is 0.935. The number of rotatable bonds is 13. The molecule has 23 heavy (non-hydrogen) atoms. The minimum atomic E-state index is -3.57. The van der Waals surface area contributed by atoms with Crippen molar-refractivity contribution in [3.63, 3.8) is 0 Å². The first kappa shape index (κ1) is 23.9. The van der Waals surface area contributed by atoms with Gasteiger partial charge in [0.2, 0.25) is 0 Å². The van der Waals surface area contributed by atoms with E-state index >= 15 is 0 Å². The summed E-state index contributed by atoms with van der Waals surface area (Å²) in [4.78, 5) is 0.238. The molecule has 1 aromatic carbocycles. The number of benzene rings is 1. The molecule has 0 atom stereocenters. The summed E-state index contributed by atoms with van der Waals surface area (Å²) in [5, 5.41) is 0. The van der Waals surface area contributed by atoms with Crippen LogP contribution in [0.4, 0.5) is 0 Å². The molecule has 0 saturated carbocycles. The molecule has 1 rings (SSSR count). The SMILES string of the molecule is CCCCCCCCCCCCOS(=O)(=O)c1ccccc1.[Rb]. The molecule has 0 aliphatic carbocycles. The predicted octanol–water partition coefficient (Wildman–Crippen LogP) is 4.93. The Morgan fingerprint density at radius 3 is 1.78 bits per heavy atom. The van der Waals surface area contributed by atoms with Crippen LogP contribution in [0, 0.1) is 0 Å². The Kier molecular flexibility index (Phi) is 15.8. The molecule has 0 bridgehead atoms.